The van der Waals surface area contributed by atoms with E-state index in [1.807, 2.05) is 30.4 Å². The van der Waals surface area contributed by atoms with Crippen LogP contribution in [-0.2, 0) is 36.9 Å². The van der Waals surface area contributed by atoms with Gasteiger partial charge in [-0.05, 0) is 37.8 Å². The first-order chi connectivity index (χ1) is 14.3. The van der Waals surface area contributed by atoms with Crippen LogP contribution in [0.3, 0.4) is 0 Å². The zero-order valence-corrected chi connectivity index (χ0v) is 17.4. The lowest BCUT2D eigenvalue weighted by atomic mass is 10.2. The van der Waals surface area contributed by atoms with E-state index in [9.17, 15) is 0 Å². The van der Waals surface area contributed by atoms with Crippen LogP contribution in [0, 0.1) is 0 Å². The van der Waals surface area contributed by atoms with E-state index in [2.05, 4.69) is 18.1 Å². The van der Waals surface area contributed by atoms with Crippen LogP contribution in [0.5, 0.6) is 0 Å². The van der Waals surface area contributed by atoms with Gasteiger partial charge in [0.05, 0.1) is 76.5 Å². The zero-order valence-electron chi connectivity index (χ0n) is 17.4. The zero-order chi connectivity index (χ0) is 20.6. The summed E-state index contributed by atoms with van der Waals surface area (Å²) in [5.74, 6) is 0. The van der Waals surface area contributed by atoms with Crippen molar-refractivity contribution in [2.45, 2.75) is 51.1 Å². The molecule has 1 aromatic heterocycles. The highest BCUT2D eigenvalue weighted by Crippen LogP contribution is 2.11. The molecule has 0 saturated carbocycles. The van der Waals surface area contributed by atoms with Crippen molar-refractivity contribution in [1.29, 1.82) is 0 Å². The van der Waals surface area contributed by atoms with Crippen molar-refractivity contribution < 1.29 is 23.7 Å². The van der Waals surface area contributed by atoms with Crippen LogP contribution in [-0.4, -0.2) is 56.8 Å². The Balaban J connectivity index is 1.98. The molecular formula is C23H35NO5. The van der Waals surface area contributed by atoms with E-state index in [4.69, 9.17) is 23.7 Å². The van der Waals surface area contributed by atoms with E-state index < -0.39 is 0 Å². The Bertz CT molecular complexity index is 535. The minimum atomic E-state index is 0.000191. The third-order valence-electron chi connectivity index (χ3n) is 4.54. The average molecular weight is 406 g/mol. The topological polar surface area (TPSA) is 59.0 Å². The first kappa shape index (κ1) is 23.7. The van der Waals surface area contributed by atoms with E-state index in [0.717, 1.165) is 37.1 Å². The number of pyridine rings is 1. The summed E-state index contributed by atoms with van der Waals surface area (Å²) in [7, 11) is 0. The highest BCUT2D eigenvalue weighted by molar-refractivity contribution is 5.10. The number of aromatic nitrogens is 1. The second-order valence-corrected chi connectivity index (χ2v) is 6.98. The van der Waals surface area contributed by atoms with E-state index in [0.29, 0.717) is 52.9 Å². The molecule has 2 bridgehead atoms. The molecule has 1 aliphatic heterocycles. The van der Waals surface area contributed by atoms with Crippen LogP contribution in [0.1, 0.15) is 37.1 Å². The lowest BCUT2D eigenvalue weighted by Crippen LogP contribution is -2.23. The van der Waals surface area contributed by atoms with Gasteiger partial charge in [0.1, 0.15) is 0 Å². The standard InChI is InChI=1S/C23H35NO5/c1-3-5-10-22-18-26-14-12-25-13-15-27-19-23(11-6-4-2)29-17-21-9-7-8-20(24-21)16-28-22/h3-4,7-9,22-23H,1-2,5-6,10-19H2/t22-,23-/m0/s1. The largest absolute Gasteiger partial charge is 0.377 e. The molecule has 6 nitrogen and oxygen atoms in total. The van der Waals surface area contributed by atoms with Gasteiger partial charge in [-0.15, -0.1) is 13.2 Å². The number of ether oxygens (including phenoxy) is 5. The minimum absolute atomic E-state index is 0.000191. The molecule has 0 N–H and O–H groups in total. The molecule has 0 fully saturated rings. The summed E-state index contributed by atoms with van der Waals surface area (Å²) in [4.78, 5) is 4.67. The highest BCUT2D eigenvalue weighted by atomic mass is 16.6. The molecule has 1 aromatic rings. The van der Waals surface area contributed by atoms with Crippen LogP contribution in [0.15, 0.2) is 43.5 Å². The molecule has 0 aromatic carbocycles. The maximum Gasteiger partial charge on any atom is 0.0892 e. The molecule has 2 atom stereocenters. The normalized spacial score (nSPS) is 22.9. The van der Waals surface area contributed by atoms with Crippen LogP contribution in [0.2, 0.25) is 0 Å². The van der Waals surface area contributed by atoms with Crippen LogP contribution >= 0.6 is 0 Å². The van der Waals surface area contributed by atoms with Gasteiger partial charge in [-0.25, -0.2) is 0 Å². The van der Waals surface area contributed by atoms with Crippen molar-refractivity contribution in [2.24, 2.45) is 0 Å². The predicted molar refractivity (Wildman–Crippen MR) is 113 cm³/mol. The van der Waals surface area contributed by atoms with E-state index >= 15 is 0 Å². The summed E-state index contributed by atoms with van der Waals surface area (Å²) in [6.45, 7) is 11.7. The van der Waals surface area contributed by atoms with Gasteiger partial charge in [0, 0.05) is 0 Å². The monoisotopic (exact) mass is 405 g/mol. The first-order valence-corrected chi connectivity index (χ1v) is 10.4. The van der Waals surface area contributed by atoms with Gasteiger partial charge in [0.15, 0.2) is 0 Å². The van der Waals surface area contributed by atoms with Crippen molar-refractivity contribution >= 4 is 0 Å². The molecular weight excluding hydrogens is 370 g/mol. The van der Waals surface area contributed by atoms with Gasteiger partial charge < -0.3 is 23.7 Å². The molecule has 0 aliphatic carbocycles. The molecule has 0 saturated heterocycles. The van der Waals surface area contributed by atoms with Crippen molar-refractivity contribution in [3.63, 3.8) is 0 Å². The van der Waals surface area contributed by atoms with E-state index in [1.54, 1.807) is 0 Å². The molecule has 162 valence electrons. The van der Waals surface area contributed by atoms with Crippen molar-refractivity contribution in [1.82, 2.24) is 4.98 Å². The Morgan fingerprint density at radius 1 is 0.793 bits per heavy atom. The Hall–Kier alpha value is -1.57. The smallest absolute Gasteiger partial charge is 0.0892 e. The van der Waals surface area contributed by atoms with Crippen LogP contribution in [0.4, 0.5) is 0 Å². The third-order valence-corrected chi connectivity index (χ3v) is 4.54. The van der Waals surface area contributed by atoms with Crippen molar-refractivity contribution in [2.75, 3.05) is 39.6 Å². The Kier molecular flexibility index (Phi) is 12.5. The maximum atomic E-state index is 6.05. The molecule has 6 heteroatoms. The Labute approximate surface area is 174 Å². The lowest BCUT2D eigenvalue weighted by molar-refractivity contribution is -0.0572. The number of allylic oxidation sites excluding steroid dienone is 2. The van der Waals surface area contributed by atoms with E-state index in [-0.39, 0.29) is 12.2 Å². The van der Waals surface area contributed by atoms with Crippen LogP contribution < -0.4 is 0 Å². The summed E-state index contributed by atoms with van der Waals surface area (Å²) >= 11 is 0. The number of hydrogen-bond donors (Lipinski definition) is 0. The lowest BCUT2D eigenvalue weighted by Gasteiger charge is -2.19. The number of nitrogens with zero attached hydrogens (tertiary/aromatic N) is 1. The van der Waals surface area contributed by atoms with Gasteiger partial charge >= 0.3 is 0 Å². The fourth-order valence-electron chi connectivity index (χ4n) is 2.90. The molecule has 0 amide bonds. The summed E-state index contributed by atoms with van der Waals surface area (Å²) in [6, 6.07) is 5.93. The number of rotatable bonds is 6. The second-order valence-electron chi connectivity index (χ2n) is 6.98. The van der Waals surface area contributed by atoms with E-state index in [1.165, 1.54) is 0 Å². The maximum absolute atomic E-state index is 6.05. The number of hydrogen-bond acceptors (Lipinski definition) is 6. The predicted octanol–water partition coefficient (Wildman–Crippen LogP) is 3.85. The SMILES string of the molecule is C=CCC[C@H]1COCCOCCOC[C@H](CCC=C)OCc2cccc(n2)CO1. The molecule has 0 spiro atoms. The van der Waals surface area contributed by atoms with Gasteiger partial charge in [0.2, 0.25) is 0 Å². The van der Waals surface area contributed by atoms with Crippen molar-refractivity contribution in [3.05, 3.63) is 54.9 Å². The van der Waals surface area contributed by atoms with Gasteiger partial charge in [-0.1, -0.05) is 18.2 Å². The molecule has 0 radical (unpaired) electrons. The second kappa shape index (κ2) is 15.3. The summed E-state index contributed by atoms with van der Waals surface area (Å²) in [5, 5.41) is 0. The fourth-order valence-corrected chi connectivity index (χ4v) is 2.90. The molecule has 0 unspecified atom stereocenters. The molecule has 2 rings (SSSR count). The molecule has 2 heterocycles. The van der Waals surface area contributed by atoms with Crippen LogP contribution in [0.25, 0.3) is 0 Å². The summed E-state index contributed by atoms with van der Waals surface area (Å²) < 4.78 is 29.1. The Morgan fingerprint density at radius 2 is 1.28 bits per heavy atom. The third kappa shape index (κ3) is 10.7. The van der Waals surface area contributed by atoms with Gasteiger partial charge in [-0.2, -0.15) is 0 Å². The quantitative estimate of drug-likeness (QED) is 0.670. The first-order valence-electron chi connectivity index (χ1n) is 10.4. The Morgan fingerprint density at radius 3 is 1.76 bits per heavy atom. The fraction of sp³-hybridized carbons (Fsp3) is 0.609. The summed E-state index contributed by atoms with van der Waals surface area (Å²) in [6.07, 6.45) is 7.30. The van der Waals surface area contributed by atoms with Gasteiger partial charge in [-0.3, -0.25) is 4.98 Å². The highest BCUT2D eigenvalue weighted by Gasteiger charge is 2.12. The van der Waals surface area contributed by atoms with Crippen molar-refractivity contribution in [3.8, 4) is 0 Å². The summed E-state index contributed by atoms with van der Waals surface area (Å²) in [5.41, 5.74) is 1.77. The molecule has 29 heavy (non-hydrogen) atoms. The minimum Gasteiger partial charge on any atom is -0.377 e. The molecule has 1 aliphatic rings. The van der Waals surface area contributed by atoms with Gasteiger partial charge in [0.25, 0.3) is 0 Å². The average Bonchev–Trinajstić information content (AvgIpc) is 2.74. The number of fused-ring (bicyclic) bond motifs is 2.